The van der Waals surface area contributed by atoms with Crippen LogP contribution in [-0.2, 0) is 12.8 Å². The summed E-state index contributed by atoms with van der Waals surface area (Å²) in [7, 11) is 0. The summed E-state index contributed by atoms with van der Waals surface area (Å²) in [4.78, 5) is 18.5. The van der Waals surface area contributed by atoms with Crippen LogP contribution in [0.25, 0.3) is 10.9 Å². The first-order valence-corrected chi connectivity index (χ1v) is 13.5. The third-order valence-corrected chi connectivity index (χ3v) is 6.08. The zero-order valence-electron chi connectivity index (χ0n) is 20.7. The van der Waals surface area contributed by atoms with Crippen molar-refractivity contribution in [3.05, 3.63) is 64.3 Å². The minimum atomic E-state index is -0.101. The first kappa shape index (κ1) is 28.1. The maximum absolute atomic E-state index is 12.8. The second-order valence-corrected chi connectivity index (χ2v) is 8.36. The van der Waals surface area contributed by atoms with E-state index in [2.05, 4.69) is 52.1 Å². The van der Waals surface area contributed by atoms with Crippen molar-refractivity contribution in [1.29, 1.82) is 0 Å². The number of nitrogens with two attached hydrogens (primary N) is 1. The summed E-state index contributed by atoms with van der Waals surface area (Å²) in [6.45, 7) is 7.36. The number of nitrogens with zero attached hydrogens (tertiary/aromatic N) is 1. The van der Waals surface area contributed by atoms with Crippen LogP contribution >= 0.6 is 24.2 Å². The van der Waals surface area contributed by atoms with Crippen molar-refractivity contribution >= 4 is 46.7 Å². The number of aromatic nitrogens is 1. The second-order valence-electron chi connectivity index (χ2n) is 7.93. The van der Waals surface area contributed by atoms with E-state index in [1.165, 1.54) is 30.5 Å². The number of H-pyrrole nitrogens is 1. The monoisotopic (exact) mass is 502 g/mol. The van der Waals surface area contributed by atoms with Crippen LogP contribution < -0.4 is 16.0 Å². The van der Waals surface area contributed by atoms with Crippen molar-refractivity contribution in [3.63, 3.8) is 0 Å². The van der Waals surface area contributed by atoms with Gasteiger partial charge in [0.25, 0.3) is 5.91 Å². The van der Waals surface area contributed by atoms with Crippen LogP contribution in [0.1, 0.15) is 54.7 Å². The zero-order chi connectivity index (χ0) is 24.9. The van der Waals surface area contributed by atoms with E-state index in [0.29, 0.717) is 30.2 Å². The van der Waals surface area contributed by atoms with Gasteiger partial charge in [0.15, 0.2) is 0 Å². The summed E-state index contributed by atoms with van der Waals surface area (Å²) < 4.78 is 0. The van der Waals surface area contributed by atoms with Crippen molar-refractivity contribution in [2.45, 2.75) is 46.0 Å². The van der Waals surface area contributed by atoms with Gasteiger partial charge in [-0.1, -0.05) is 37.6 Å². The molecule has 4 N–H and O–H groups in total. The molecule has 2 heterocycles. The molecule has 5 nitrogen and oxygen atoms in total. The molecule has 34 heavy (non-hydrogen) atoms. The summed E-state index contributed by atoms with van der Waals surface area (Å²) in [5.74, 6) is -0.101. The van der Waals surface area contributed by atoms with Gasteiger partial charge >= 0.3 is 0 Å². The highest BCUT2D eigenvalue weighted by atomic mass is 35.5. The van der Waals surface area contributed by atoms with Gasteiger partial charge in [-0.05, 0) is 86.4 Å². The van der Waals surface area contributed by atoms with E-state index < -0.39 is 0 Å². The highest BCUT2D eigenvalue weighted by Crippen LogP contribution is 2.26. The number of nitrogens with one attached hydrogen (secondary N) is 2. The molecule has 0 saturated carbocycles. The second kappa shape index (κ2) is 15.0. The Morgan fingerprint density at radius 2 is 1.74 bits per heavy atom. The van der Waals surface area contributed by atoms with Crippen LogP contribution in [0.2, 0.25) is 5.02 Å². The first-order chi connectivity index (χ1) is 16.7. The Morgan fingerprint density at radius 1 is 1.06 bits per heavy atom. The molecule has 0 spiro atoms. The van der Waals surface area contributed by atoms with Gasteiger partial charge in [-0.3, -0.25) is 4.79 Å². The summed E-state index contributed by atoms with van der Waals surface area (Å²) in [6.07, 6.45) is 7.01. The fraction of sp³-hybridized carbons (Fsp3) is 0.444. The Labute approximate surface area is 214 Å². The van der Waals surface area contributed by atoms with E-state index in [0.717, 1.165) is 36.0 Å². The van der Waals surface area contributed by atoms with Gasteiger partial charge in [0.2, 0.25) is 0 Å². The number of thiol groups is 1. The standard InChI is InChI=1S/C24H29ClN4O.C2H6.CH4S/c25-18-6-9-22-21(16-18)20(10-12-26)23(28-22)24(30)27-13-11-17-4-7-19(8-5-17)29-14-2-1-3-15-29;2*1-2/h4-9,16,28H,1-3,10-15,26H2,(H,27,30);1-2H3;2H,1H3. The molecule has 1 amide bonds. The van der Waals surface area contributed by atoms with Crippen LogP contribution in [0.4, 0.5) is 5.69 Å². The minimum absolute atomic E-state index is 0.101. The van der Waals surface area contributed by atoms with E-state index >= 15 is 0 Å². The molecule has 1 saturated heterocycles. The summed E-state index contributed by atoms with van der Waals surface area (Å²) in [6, 6.07) is 14.3. The van der Waals surface area contributed by atoms with Crippen LogP contribution in [0.3, 0.4) is 0 Å². The van der Waals surface area contributed by atoms with Crippen molar-refractivity contribution in [3.8, 4) is 0 Å². The quantitative estimate of drug-likeness (QED) is 0.306. The number of piperidine rings is 1. The molecule has 0 atom stereocenters. The topological polar surface area (TPSA) is 74.2 Å². The van der Waals surface area contributed by atoms with E-state index in [1.807, 2.05) is 32.0 Å². The molecule has 0 bridgehead atoms. The number of fused-ring (bicyclic) bond motifs is 1. The number of carbonyl (C=O) groups is 1. The molecule has 1 fully saturated rings. The Kier molecular flexibility index (Phi) is 12.4. The maximum atomic E-state index is 12.8. The average molecular weight is 503 g/mol. The molecule has 1 aliphatic rings. The van der Waals surface area contributed by atoms with Crippen LogP contribution in [0.15, 0.2) is 42.5 Å². The Balaban J connectivity index is 0.000000970. The van der Waals surface area contributed by atoms with Gasteiger partial charge < -0.3 is 20.9 Å². The Bertz CT molecular complexity index is 1010. The number of hydrogen-bond donors (Lipinski definition) is 4. The molecular weight excluding hydrogens is 464 g/mol. The van der Waals surface area contributed by atoms with Crippen molar-refractivity contribution in [1.82, 2.24) is 10.3 Å². The average Bonchev–Trinajstić information content (AvgIpc) is 3.25. The third kappa shape index (κ3) is 7.42. The lowest BCUT2D eigenvalue weighted by atomic mass is 10.1. The molecule has 7 heteroatoms. The lowest BCUT2D eigenvalue weighted by molar-refractivity contribution is 0.0949. The highest BCUT2D eigenvalue weighted by molar-refractivity contribution is 7.79. The normalized spacial score (nSPS) is 12.9. The van der Waals surface area contributed by atoms with Crippen LogP contribution in [0, 0.1) is 0 Å². The zero-order valence-corrected chi connectivity index (χ0v) is 22.3. The molecule has 4 rings (SSSR count). The lowest BCUT2D eigenvalue weighted by Gasteiger charge is -2.28. The molecule has 0 unspecified atom stereocenters. The molecule has 2 aromatic carbocycles. The minimum Gasteiger partial charge on any atom is -0.372 e. The summed E-state index contributed by atoms with van der Waals surface area (Å²) in [5, 5.41) is 4.66. The SMILES string of the molecule is CC.CS.NCCc1c(C(=O)NCCc2ccc(N3CCCCC3)cc2)[nH]c2ccc(Cl)cc12. The van der Waals surface area contributed by atoms with Crippen LogP contribution in [-0.4, -0.2) is 43.3 Å². The molecule has 186 valence electrons. The molecular formula is C27H39ClN4OS. The molecule has 3 aromatic rings. The number of carbonyl (C=O) groups excluding carboxylic acids is 1. The first-order valence-electron chi connectivity index (χ1n) is 12.2. The Hall–Kier alpha value is -2.15. The molecule has 1 aromatic heterocycles. The smallest absolute Gasteiger partial charge is 0.268 e. The Morgan fingerprint density at radius 3 is 2.38 bits per heavy atom. The highest BCUT2D eigenvalue weighted by Gasteiger charge is 2.17. The summed E-state index contributed by atoms with van der Waals surface area (Å²) in [5.41, 5.74) is 10.7. The molecule has 1 aliphatic heterocycles. The number of amides is 1. The maximum Gasteiger partial charge on any atom is 0.268 e. The van der Waals surface area contributed by atoms with Crippen molar-refractivity contribution in [2.24, 2.45) is 5.73 Å². The van der Waals surface area contributed by atoms with E-state index in [-0.39, 0.29) is 5.91 Å². The van der Waals surface area contributed by atoms with Gasteiger partial charge in [-0.15, -0.1) is 0 Å². The van der Waals surface area contributed by atoms with Crippen molar-refractivity contribution in [2.75, 3.05) is 37.3 Å². The summed E-state index contributed by atoms with van der Waals surface area (Å²) >= 11 is 9.67. The largest absolute Gasteiger partial charge is 0.372 e. The van der Waals surface area contributed by atoms with Gasteiger partial charge in [-0.2, -0.15) is 12.6 Å². The number of anilines is 1. The van der Waals surface area contributed by atoms with Gasteiger partial charge in [0, 0.05) is 41.2 Å². The van der Waals surface area contributed by atoms with Crippen LogP contribution in [0.5, 0.6) is 0 Å². The fourth-order valence-corrected chi connectivity index (χ4v) is 4.42. The van der Waals surface area contributed by atoms with Gasteiger partial charge in [0.05, 0.1) is 0 Å². The van der Waals surface area contributed by atoms with Gasteiger partial charge in [0.1, 0.15) is 5.69 Å². The number of halogens is 1. The van der Waals surface area contributed by atoms with Crippen molar-refractivity contribution < 1.29 is 4.79 Å². The number of aromatic amines is 1. The fourth-order valence-electron chi connectivity index (χ4n) is 4.25. The van der Waals surface area contributed by atoms with E-state index in [9.17, 15) is 4.79 Å². The molecule has 0 aliphatic carbocycles. The lowest BCUT2D eigenvalue weighted by Crippen LogP contribution is -2.29. The number of hydrogen-bond acceptors (Lipinski definition) is 4. The number of rotatable bonds is 7. The van der Waals surface area contributed by atoms with E-state index in [4.69, 9.17) is 17.3 Å². The van der Waals surface area contributed by atoms with E-state index in [1.54, 1.807) is 6.26 Å². The van der Waals surface area contributed by atoms with Gasteiger partial charge in [-0.25, -0.2) is 0 Å². The third-order valence-electron chi connectivity index (χ3n) is 5.85. The molecule has 0 radical (unpaired) electrons. The number of benzene rings is 2. The predicted molar refractivity (Wildman–Crippen MR) is 151 cm³/mol. The predicted octanol–water partition coefficient (Wildman–Crippen LogP) is 5.86.